The van der Waals surface area contributed by atoms with E-state index in [2.05, 4.69) is 5.32 Å². The number of hydrogen-bond acceptors (Lipinski definition) is 3. The van der Waals surface area contributed by atoms with Crippen molar-refractivity contribution in [1.29, 1.82) is 0 Å². The Kier molecular flexibility index (Phi) is 8.96. The molecule has 9 heteroatoms. The zero-order valence-electron chi connectivity index (χ0n) is 19.2. The van der Waals surface area contributed by atoms with Crippen molar-refractivity contribution in [2.24, 2.45) is 0 Å². The minimum Gasteiger partial charge on any atom is -1.00 e. The number of aromatic carboxylic acids is 1. The molecule has 1 fully saturated rings. The van der Waals surface area contributed by atoms with Crippen LogP contribution in [-0.2, 0) is 17.5 Å². The normalized spacial score (nSPS) is 17.8. The van der Waals surface area contributed by atoms with E-state index in [1.54, 1.807) is 12.1 Å². The average Bonchev–Trinajstić information content (AvgIpc) is 2.74. The van der Waals surface area contributed by atoms with Crippen molar-refractivity contribution >= 4 is 11.9 Å². The molecule has 0 unspecified atom stereocenters. The fourth-order valence-corrected chi connectivity index (χ4v) is 3.82. The van der Waals surface area contributed by atoms with Gasteiger partial charge in [-0.1, -0.05) is 30.7 Å². The summed E-state index contributed by atoms with van der Waals surface area (Å²) in [6, 6.07) is 10.7. The number of carboxylic acid groups (broad SMARTS) is 1. The van der Waals surface area contributed by atoms with Crippen LogP contribution < -0.4 is 24.2 Å². The van der Waals surface area contributed by atoms with E-state index < -0.39 is 17.7 Å². The van der Waals surface area contributed by atoms with E-state index in [-0.39, 0.29) is 43.8 Å². The standard InChI is InChI=1S/C23H25F3N2O3.Li.H/c1-15(17-7-9-18(10-8-17)22(30)31)27-21(29)20-4-2-3-13-28(20)14-16-5-11-19(12-6-16)23(24,25)26;;/h5-12,15,20H,2-4,13-14H2,1H3,(H,27,29)(H,30,31);;/q;+1;-1/t15-,20+;;/m0../s1. The van der Waals surface area contributed by atoms with Gasteiger partial charge in [0, 0.05) is 6.54 Å². The van der Waals surface area contributed by atoms with E-state index in [4.69, 9.17) is 5.11 Å². The Labute approximate surface area is 198 Å². The Balaban J connectivity index is 0.00000272. The van der Waals surface area contributed by atoms with E-state index in [0.29, 0.717) is 19.5 Å². The van der Waals surface area contributed by atoms with Gasteiger partial charge in [0.25, 0.3) is 0 Å². The second kappa shape index (κ2) is 11.0. The van der Waals surface area contributed by atoms with E-state index in [1.165, 1.54) is 24.3 Å². The van der Waals surface area contributed by atoms with Crippen LogP contribution in [0.5, 0.6) is 0 Å². The fourth-order valence-electron chi connectivity index (χ4n) is 3.82. The van der Waals surface area contributed by atoms with Crippen LogP contribution in [0.25, 0.3) is 0 Å². The molecule has 0 bridgehead atoms. The van der Waals surface area contributed by atoms with Crippen molar-refractivity contribution in [3.8, 4) is 0 Å². The molecule has 1 aliphatic rings. The quantitative estimate of drug-likeness (QED) is 0.669. The summed E-state index contributed by atoms with van der Waals surface area (Å²) >= 11 is 0. The molecule has 168 valence electrons. The molecule has 1 aliphatic heterocycles. The van der Waals surface area contributed by atoms with Crippen molar-refractivity contribution in [2.45, 2.75) is 51.0 Å². The molecule has 1 amide bonds. The van der Waals surface area contributed by atoms with Crippen LogP contribution in [0.4, 0.5) is 13.2 Å². The number of benzene rings is 2. The predicted molar refractivity (Wildman–Crippen MR) is 111 cm³/mol. The first-order chi connectivity index (χ1) is 14.6. The van der Waals surface area contributed by atoms with Gasteiger partial charge < -0.3 is 11.8 Å². The second-order valence-electron chi connectivity index (χ2n) is 7.83. The molecule has 0 aromatic heterocycles. The molecule has 2 N–H and O–H groups in total. The third-order valence-corrected chi connectivity index (χ3v) is 5.60. The van der Waals surface area contributed by atoms with Gasteiger partial charge in [-0.15, -0.1) is 0 Å². The number of likely N-dealkylation sites (tertiary alicyclic amines) is 1. The molecule has 0 aliphatic carbocycles. The number of amides is 1. The minimum absolute atomic E-state index is 0. The van der Waals surface area contributed by atoms with Crippen LogP contribution in [-0.4, -0.2) is 34.5 Å². The summed E-state index contributed by atoms with van der Waals surface area (Å²) in [6.45, 7) is 2.93. The number of halogens is 3. The summed E-state index contributed by atoms with van der Waals surface area (Å²) in [4.78, 5) is 25.9. The number of nitrogens with zero attached hydrogens (tertiary/aromatic N) is 1. The number of alkyl halides is 3. The van der Waals surface area contributed by atoms with Crippen molar-refractivity contribution in [2.75, 3.05) is 6.54 Å². The Hall–Kier alpha value is -2.27. The molecular weight excluding hydrogens is 416 g/mol. The number of carbonyl (C=O) groups excluding carboxylic acids is 1. The first kappa shape index (κ1) is 26.0. The number of carboxylic acids is 1. The maximum absolute atomic E-state index is 12.9. The minimum atomic E-state index is -4.37. The van der Waals surface area contributed by atoms with Gasteiger partial charge in [-0.3, -0.25) is 9.69 Å². The van der Waals surface area contributed by atoms with Crippen molar-refractivity contribution < 1.29 is 48.2 Å². The Morgan fingerprint density at radius 3 is 2.31 bits per heavy atom. The maximum Gasteiger partial charge on any atom is 1.00 e. The molecular formula is C23H26F3LiN2O3. The fraction of sp³-hybridized carbons (Fsp3) is 0.391. The largest absolute Gasteiger partial charge is 1.00 e. The number of piperidine rings is 1. The summed E-state index contributed by atoms with van der Waals surface area (Å²) in [6.07, 6.45) is -1.86. The summed E-state index contributed by atoms with van der Waals surface area (Å²) in [5.74, 6) is -1.15. The van der Waals surface area contributed by atoms with Crippen LogP contribution in [0.3, 0.4) is 0 Å². The summed E-state index contributed by atoms with van der Waals surface area (Å²) in [5.41, 5.74) is 1.01. The van der Waals surface area contributed by atoms with Gasteiger partial charge in [0.05, 0.1) is 23.2 Å². The van der Waals surface area contributed by atoms with Crippen LogP contribution in [0.1, 0.15) is 60.7 Å². The summed E-state index contributed by atoms with van der Waals surface area (Å²) in [5, 5.41) is 12.0. The van der Waals surface area contributed by atoms with Gasteiger partial charge in [-0.05, 0) is 61.7 Å². The van der Waals surface area contributed by atoms with Gasteiger partial charge in [0.15, 0.2) is 0 Å². The SMILES string of the molecule is C[C@H](NC(=O)[C@H]1CCCCN1Cc1ccc(C(F)(F)F)cc1)c1ccc(C(=O)O)cc1.[H-].[Li+]. The molecule has 0 saturated carbocycles. The Morgan fingerprint density at radius 2 is 1.75 bits per heavy atom. The first-order valence-electron chi connectivity index (χ1n) is 10.2. The molecule has 0 spiro atoms. The monoisotopic (exact) mass is 442 g/mol. The smallest absolute Gasteiger partial charge is 1.00 e. The van der Waals surface area contributed by atoms with Crippen LogP contribution >= 0.6 is 0 Å². The van der Waals surface area contributed by atoms with Crippen molar-refractivity contribution in [1.82, 2.24) is 10.2 Å². The molecule has 2 atom stereocenters. The Bertz CT molecular complexity index is 924. The van der Waals surface area contributed by atoms with Gasteiger partial charge in [0.2, 0.25) is 5.91 Å². The van der Waals surface area contributed by atoms with Gasteiger partial charge in [-0.25, -0.2) is 4.79 Å². The van der Waals surface area contributed by atoms with E-state index in [0.717, 1.165) is 36.1 Å². The van der Waals surface area contributed by atoms with Crippen molar-refractivity contribution in [3.05, 3.63) is 70.8 Å². The third-order valence-electron chi connectivity index (χ3n) is 5.60. The number of carbonyl (C=O) groups is 2. The van der Waals surface area contributed by atoms with Gasteiger partial charge in [0.1, 0.15) is 0 Å². The van der Waals surface area contributed by atoms with Crippen molar-refractivity contribution in [3.63, 3.8) is 0 Å². The molecule has 1 heterocycles. The molecule has 32 heavy (non-hydrogen) atoms. The molecule has 3 rings (SSSR count). The molecule has 5 nitrogen and oxygen atoms in total. The van der Waals surface area contributed by atoms with E-state index in [1.807, 2.05) is 11.8 Å². The Morgan fingerprint density at radius 1 is 1.12 bits per heavy atom. The first-order valence-corrected chi connectivity index (χ1v) is 10.2. The second-order valence-corrected chi connectivity index (χ2v) is 7.83. The molecule has 2 aromatic rings. The summed E-state index contributed by atoms with van der Waals surface area (Å²) in [7, 11) is 0. The maximum atomic E-state index is 12.9. The van der Waals surface area contributed by atoms with Gasteiger partial charge in [-0.2, -0.15) is 13.2 Å². The molecule has 0 radical (unpaired) electrons. The number of rotatable bonds is 6. The van der Waals surface area contributed by atoms with Crippen LogP contribution in [0.2, 0.25) is 0 Å². The third kappa shape index (κ3) is 6.61. The topological polar surface area (TPSA) is 69.6 Å². The number of hydrogen-bond donors (Lipinski definition) is 2. The van der Waals surface area contributed by atoms with E-state index in [9.17, 15) is 22.8 Å². The number of nitrogens with one attached hydrogen (secondary N) is 1. The van der Waals surface area contributed by atoms with E-state index >= 15 is 0 Å². The zero-order chi connectivity index (χ0) is 22.6. The average molecular weight is 442 g/mol. The molecule has 2 aromatic carbocycles. The van der Waals surface area contributed by atoms with Gasteiger partial charge >= 0.3 is 31.0 Å². The van der Waals surface area contributed by atoms with Crippen LogP contribution in [0, 0.1) is 0 Å². The zero-order valence-corrected chi connectivity index (χ0v) is 18.2. The predicted octanol–water partition coefficient (Wildman–Crippen LogP) is 1.75. The summed E-state index contributed by atoms with van der Waals surface area (Å²) < 4.78 is 38.3. The van der Waals surface area contributed by atoms with Crippen LogP contribution in [0.15, 0.2) is 48.5 Å². The molecule has 1 saturated heterocycles.